The maximum Gasteiger partial charge on any atom is 0.291 e. The standard InChI is InChI=1S/C24H24FN3O4/c25-17-7-9-18(10-8-17)31-15-19-11-12-22(32-19)24(30)27-20-5-2-1-4-16(20)14-28-13-3-6-21(28)23(26)29/h1-2,4-5,7-12,21H,3,6,13-15H2,(H2,26,29)(H,27,30). The molecule has 0 radical (unpaired) electrons. The largest absolute Gasteiger partial charge is 0.486 e. The van der Waals surface area contributed by atoms with E-state index in [1.54, 1.807) is 12.1 Å². The SMILES string of the molecule is NC(=O)C1CCCN1Cc1ccccc1NC(=O)c1ccc(COc2ccc(F)cc2)o1. The number of hydrogen-bond acceptors (Lipinski definition) is 5. The summed E-state index contributed by atoms with van der Waals surface area (Å²) >= 11 is 0. The molecular formula is C24H24FN3O4. The van der Waals surface area contributed by atoms with Crippen molar-refractivity contribution in [2.75, 3.05) is 11.9 Å². The summed E-state index contributed by atoms with van der Waals surface area (Å²) < 4.78 is 24.1. The van der Waals surface area contributed by atoms with E-state index in [-0.39, 0.29) is 30.1 Å². The van der Waals surface area contributed by atoms with Crippen molar-refractivity contribution in [3.8, 4) is 5.75 Å². The second-order valence-corrected chi connectivity index (χ2v) is 7.65. The number of nitrogens with one attached hydrogen (secondary N) is 1. The Labute approximate surface area is 185 Å². The Morgan fingerprint density at radius 1 is 1.12 bits per heavy atom. The van der Waals surface area contributed by atoms with Gasteiger partial charge in [0.1, 0.15) is 23.9 Å². The van der Waals surface area contributed by atoms with Crippen LogP contribution in [0.5, 0.6) is 5.75 Å². The monoisotopic (exact) mass is 437 g/mol. The molecule has 32 heavy (non-hydrogen) atoms. The van der Waals surface area contributed by atoms with Crippen LogP contribution < -0.4 is 15.8 Å². The maximum atomic E-state index is 13.0. The Kier molecular flexibility index (Phi) is 6.51. The molecule has 1 aliphatic rings. The molecule has 8 heteroatoms. The third-order valence-electron chi connectivity index (χ3n) is 5.41. The molecule has 1 aliphatic heterocycles. The van der Waals surface area contributed by atoms with Gasteiger partial charge in [0.2, 0.25) is 5.91 Å². The summed E-state index contributed by atoms with van der Waals surface area (Å²) in [6, 6.07) is 16.0. The zero-order chi connectivity index (χ0) is 22.5. The summed E-state index contributed by atoms with van der Waals surface area (Å²) in [4.78, 5) is 26.4. The highest BCUT2D eigenvalue weighted by atomic mass is 19.1. The van der Waals surface area contributed by atoms with Gasteiger partial charge in [-0.1, -0.05) is 18.2 Å². The molecule has 1 saturated heterocycles. The van der Waals surface area contributed by atoms with E-state index in [1.165, 1.54) is 24.3 Å². The number of carbonyl (C=O) groups is 2. The highest BCUT2D eigenvalue weighted by molar-refractivity contribution is 6.02. The lowest BCUT2D eigenvalue weighted by Gasteiger charge is -2.23. The summed E-state index contributed by atoms with van der Waals surface area (Å²) in [6.07, 6.45) is 1.66. The molecule has 2 heterocycles. The van der Waals surface area contributed by atoms with Gasteiger partial charge in [-0.25, -0.2) is 4.39 Å². The molecule has 1 aromatic heterocycles. The first kappa shape index (κ1) is 21.6. The van der Waals surface area contributed by atoms with E-state index < -0.39 is 5.91 Å². The fraction of sp³-hybridized carbons (Fsp3) is 0.250. The third-order valence-corrected chi connectivity index (χ3v) is 5.41. The normalized spacial score (nSPS) is 16.1. The number of nitrogens with two attached hydrogens (primary N) is 1. The molecule has 0 spiro atoms. The van der Waals surface area contributed by atoms with Gasteiger partial charge in [-0.3, -0.25) is 14.5 Å². The van der Waals surface area contributed by atoms with Crippen LogP contribution in [0.25, 0.3) is 0 Å². The van der Waals surface area contributed by atoms with Crippen molar-refractivity contribution in [1.29, 1.82) is 0 Å². The number of anilines is 1. The predicted molar refractivity (Wildman–Crippen MR) is 116 cm³/mol. The molecule has 3 N–H and O–H groups in total. The summed E-state index contributed by atoms with van der Waals surface area (Å²) in [6.45, 7) is 1.41. The first-order chi connectivity index (χ1) is 15.5. The van der Waals surface area contributed by atoms with E-state index in [1.807, 2.05) is 29.2 Å². The Balaban J connectivity index is 1.39. The number of ether oxygens (including phenoxy) is 1. The van der Waals surface area contributed by atoms with E-state index in [2.05, 4.69) is 5.32 Å². The zero-order valence-corrected chi connectivity index (χ0v) is 17.4. The van der Waals surface area contributed by atoms with Crippen molar-refractivity contribution in [2.24, 2.45) is 5.73 Å². The minimum absolute atomic E-state index is 0.110. The molecule has 2 amide bonds. The average molecular weight is 437 g/mol. The second kappa shape index (κ2) is 9.65. The highest BCUT2D eigenvalue weighted by Gasteiger charge is 2.29. The Morgan fingerprint density at radius 3 is 2.69 bits per heavy atom. The van der Waals surface area contributed by atoms with Gasteiger partial charge < -0.3 is 20.2 Å². The number of likely N-dealkylation sites (tertiary alicyclic amines) is 1. The lowest BCUT2D eigenvalue weighted by molar-refractivity contribution is -0.122. The fourth-order valence-corrected chi connectivity index (χ4v) is 3.78. The summed E-state index contributed by atoms with van der Waals surface area (Å²) in [5.41, 5.74) is 7.05. The number of para-hydroxylation sites is 1. The molecule has 0 saturated carbocycles. The van der Waals surface area contributed by atoms with E-state index in [0.29, 0.717) is 23.7 Å². The van der Waals surface area contributed by atoms with Gasteiger partial charge >= 0.3 is 0 Å². The van der Waals surface area contributed by atoms with Crippen molar-refractivity contribution in [3.05, 3.63) is 83.6 Å². The topological polar surface area (TPSA) is 97.8 Å². The summed E-state index contributed by atoms with van der Waals surface area (Å²) in [5.74, 6) is 0.0551. The molecule has 0 bridgehead atoms. The molecule has 4 rings (SSSR count). The van der Waals surface area contributed by atoms with E-state index in [0.717, 1.165) is 24.9 Å². The number of amides is 2. The predicted octanol–water partition coefficient (Wildman–Crippen LogP) is 3.70. The van der Waals surface area contributed by atoms with Crippen LogP contribution in [0.15, 0.2) is 65.1 Å². The minimum Gasteiger partial charge on any atom is -0.486 e. The number of benzene rings is 2. The van der Waals surface area contributed by atoms with Crippen LogP contribution in [0.3, 0.4) is 0 Å². The van der Waals surface area contributed by atoms with Gasteiger partial charge in [-0.15, -0.1) is 0 Å². The van der Waals surface area contributed by atoms with Crippen LogP contribution in [-0.2, 0) is 17.9 Å². The quantitative estimate of drug-likeness (QED) is 0.560. The van der Waals surface area contributed by atoms with Crippen molar-refractivity contribution in [2.45, 2.75) is 32.0 Å². The van der Waals surface area contributed by atoms with Crippen LogP contribution in [0, 0.1) is 5.82 Å². The van der Waals surface area contributed by atoms with Gasteiger partial charge in [0.05, 0.1) is 6.04 Å². The van der Waals surface area contributed by atoms with Crippen molar-refractivity contribution < 1.29 is 23.1 Å². The Morgan fingerprint density at radius 2 is 1.91 bits per heavy atom. The maximum absolute atomic E-state index is 13.0. The van der Waals surface area contributed by atoms with Crippen molar-refractivity contribution in [3.63, 3.8) is 0 Å². The minimum atomic E-state index is -0.390. The van der Waals surface area contributed by atoms with Gasteiger partial charge in [-0.05, 0) is 67.4 Å². The van der Waals surface area contributed by atoms with Crippen LogP contribution in [0.2, 0.25) is 0 Å². The number of halogens is 1. The summed E-state index contributed by atoms with van der Waals surface area (Å²) in [7, 11) is 0. The smallest absolute Gasteiger partial charge is 0.291 e. The van der Waals surface area contributed by atoms with Crippen LogP contribution in [0.4, 0.5) is 10.1 Å². The lowest BCUT2D eigenvalue weighted by atomic mass is 10.1. The average Bonchev–Trinajstić information content (AvgIpc) is 3.44. The third kappa shape index (κ3) is 5.15. The van der Waals surface area contributed by atoms with E-state index in [9.17, 15) is 14.0 Å². The first-order valence-corrected chi connectivity index (χ1v) is 10.4. The van der Waals surface area contributed by atoms with Gasteiger partial charge in [0, 0.05) is 12.2 Å². The van der Waals surface area contributed by atoms with Crippen LogP contribution >= 0.6 is 0 Å². The van der Waals surface area contributed by atoms with E-state index in [4.69, 9.17) is 14.9 Å². The molecule has 1 fully saturated rings. The number of rotatable bonds is 8. The molecular weight excluding hydrogens is 413 g/mol. The Hall–Kier alpha value is -3.65. The first-order valence-electron chi connectivity index (χ1n) is 10.4. The number of hydrogen-bond donors (Lipinski definition) is 2. The zero-order valence-electron chi connectivity index (χ0n) is 17.4. The van der Waals surface area contributed by atoms with Crippen molar-refractivity contribution in [1.82, 2.24) is 4.90 Å². The lowest BCUT2D eigenvalue weighted by Crippen LogP contribution is -2.39. The summed E-state index contributed by atoms with van der Waals surface area (Å²) in [5, 5.41) is 2.88. The number of nitrogens with zero attached hydrogens (tertiary/aromatic N) is 1. The fourth-order valence-electron chi connectivity index (χ4n) is 3.78. The molecule has 166 valence electrons. The highest BCUT2D eigenvalue weighted by Crippen LogP contribution is 2.24. The molecule has 7 nitrogen and oxygen atoms in total. The second-order valence-electron chi connectivity index (χ2n) is 7.65. The van der Waals surface area contributed by atoms with Gasteiger partial charge in [0.15, 0.2) is 5.76 Å². The van der Waals surface area contributed by atoms with Crippen LogP contribution in [-0.4, -0.2) is 29.3 Å². The number of furan rings is 1. The van der Waals surface area contributed by atoms with Crippen LogP contribution in [0.1, 0.15) is 34.7 Å². The Bertz CT molecular complexity index is 1100. The molecule has 1 unspecified atom stereocenters. The molecule has 0 aliphatic carbocycles. The van der Waals surface area contributed by atoms with Gasteiger partial charge in [0.25, 0.3) is 5.91 Å². The number of primary amides is 1. The number of carbonyl (C=O) groups excluding carboxylic acids is 2. The molecule has 1 atom stereocenters. The molecule has 3 aromatic rings. The van der Waals surface area contributed by atoms with E-state index >= 15 is 0 Å². The van der Waals surface area contributed by atoms with Crippen molar-refractivity contribution >= 4 is 17.5 Å². The van der Waals surface area contributed by atoms with Gasteiger partial charge in [-0.2, -0.15) is 0 Å². The molecule has 2 aromatic carbocycles.